The van der Waals surface area contributed by atoms with Gasteiger partial charge < -0.3 is 14.9 Å². The van der Waals surface area contributed by atoms with Gasteiger partial charge in [0.2, 0.25) is 0 Å². The maximum atomic E-state index is 11.3. The lowest BCUT2D eigenvalue weighted by atomic mass is 10.1. The Balaban J connectivity index is 2.25. The molecule has 1 saturated heterocycles. The highest BCUT2D eigenvalue weighted by Gasteiger charge is 2.21. The Morgan fingerprint density at radius 2 is 2.27 bits per heavy atom. The normalized spacial score (nSPS) is 17.0. The first-order valence-corrected chi connectivity index (χ1v) is 7.63. The van der Waals surface area contributed by atoms with Crippen LogP contribution in [0.5, 0.6) is 5.75 Å². The first kappa shape index (κ1) is 16.5. The highest BCUT2D eigenvalue weighted by Crippen LogP contribution is 2.38. The van der Waals surface area contributed by atoms with Crippen molar-refractivity contribution in [3.63, 3.8) is 0 Å². The fourth-order valence-corrected chi connectivity index (χ4v) is 2.03. The first-order chi connectivity index (χ1) is 10.3. The number of carbonyl (C=O) groups excluding carboxylic acids is 1. The van der Waals surface area contributed by atoms with E-state index in [0.717, 1.165) is 0 Å². The number of hydroxylamine groups is 1. The summed E-state index contributed by atoms with van der Waals surface area (Å²) in [6.45, 7) is 1.03. The average molecular weight is 331 g/mol. The van der Waals surface area contributed by atoms with Crippen LogP contribution >= 0.6 is 7.82 Å². The number of nitrogens with one attached hydrogen (secondary N) is 1. The maximum Gasteiger partial charge on any atom is 0.469 e. The molecule has 4 N–H and O–H groups in total. The Labute approximate surface area is 125 Å². The summed E-state index contributed by atoms with van der Waals surface area (Å²) in [6, 6.07) is 0. The molecule has 1 fully saturated rings. The minimum Gasteiger partial charge on any atom is -0.506 e. The number of hydrogen-bond acceptors (Lipinski definition) is 7. The fraction of sp³-hybridized carbons (Fsp3) is 0.364. The number of carbonyl (C=O) groups is 1. The zero-order chi connectivity index (χ0) is 16.3. The van der Waals surface area contributed by atoms with Crippen molar-refractivity contribution in [1.82, 2.24) is 10.5 Å². The number of aromatic hydroxyl groups is 1. The minimum atomic E-state index is -4.66. The number of aliphatic imine (C=N–C) groups is 1. The average Bonchev–Trinajstić information content (AvgIpc) is 2.83. The van der Waals surface area contributed by atoms with Gasteiger partial charge in [-0.1, -0.05) is 0 Å². The third-order valence-corrected chi connectivity index (χ3v) is 3.35. The largest absolute Gasteiger partial charge is 0.506 e. The molecule has 1 aromatic rings. The molecule has 2 heterocycles. The van der Waals surface area contributed by atoms with Crippen LogP contribution in [0.25, 0.3) is 0 Å². The number of hydrogen-bond donors (Lipinski definition) is 4. The van der Waals surface area contributed by atoms with E-state index in [1.807, 2.05) is 0 Å². The molecule has 0 radical (unpaired) electrons. The SMILES string of the molecule is Cc1ncc(COP(=O)(O)O)c(CN=C2CONC2=O)c1O. The highest BCUT2D eigenvalue weighted by molar-refractivity contribution is 7.46. The van der Waals surface area contributed by atoms with Crippen LogP contribution in [0.3, 0.4) is 0 Å². The van der Waals surface area contributed by atoms with E-state index in [9.17, 15) is 14.5 Å². The summed E-state index contributed by atoms with van der Waals surface area (Å²) in [7, 11) is -4.66. The quantitative estimate of drug-likeness (QED) is 0.537. The Kier molecular flexibility index (Phi) is 4.89. The molecule has 0 atom stereocenters. The zero-order valence-corrected chi connectivity index (χ0v) is 12.4. The van der Waals surface area contributed by atoms with E-state index >= 15 is 0 Å². The van der Waals surface area contributed by atoms with Gasteiger partial charge in [0.25, 0.3) is 5.91 Å². The van der Waals surface area contributed by atoms with E-state index in [1.54, 1.807) is 6.92 Å². The van der Waals surface area contributed by atoms with Crippen LogP contribution < -0.4 is 5.48 Å². The molecule has 0 aliphatic carbocycles. The lowest BCUT2D eigenvalue weighted by Crippen LogP contribution is -2.18. The summed E-state index contributed by atoms with van der Waals surface area (Å²) >= 11 is 0. The molecule has 1 aliphatic rings. The van der Waals surface area contributed by atoms with Crippen LogP contribution in [0.1, 0.15) is 16.8 Å². The number of aromatic nitrogens is 1. The van der Waals surface area contributed by atoms with E-state index in [2.05, 4.69) is 20.0 Å². The van der Waals surface area contributed by atoms with Crippen molar-refractivity contribution >= 4 is 19.4 Å². The zero-order valence-electron chi connectivity index (χ0n) is 11.5. The van der Waals surface area contributed by atoms with Gasteiger partial charge in [-0.15, -0.1) is 0 Å². The van der Waals surface area contributed by atoms with Crippen molar-refractivity contribution in [3.8, 4) is 5.75 Å². The van der Waals surface area contributed by atoms with E-state index in [4.69, 9.17) is 14.6 Å². The summed E-state index contributed by atoms with van der Waals surface area (Å²) in [5, 5.41) is 10.0. The topological polar surface area (TPSA) is 151 Å². The summed E-state index contributed by atoms with van der Waals surface area (Å²) in [4.78, 5) is 41.4. The third-order valence-electron chi connectivity index (χ3n) is 2.88. The molecule has 1 aromatic heterocycles. The Hall–Kier alpha value is -1.84. The Morgan fingerprint density at radius 1 is 1.55 bits per heavy atom. The van der Waals surface area contributed by atoms with Crippen LogP contribution in [0.4, 0.5) is 0 Å². The number of rotatable bonds is 5. The highest BCUT2D eigenvalue weighted by atomic mass is 31.2. The molecule has 22 heavy (non-hydrogen) atoms. The molecule has 2 rings (SSSR count). The molecule has 1 aliphatic heterocycles. The molecule has 0 unspecified atom stereocenters. The number of amides is 1. The van der Waals surface area contributed by atoms with Crippen molar-refractivity contribution in [2.24, 2.45) is 4.99 Å². The van der Waals surface area contributed by atoms with Gasteiger partial charge in [-0.3, -0.25) is 24.1 Å². The minimum absolute atomic E-state index is 0.00201. The monoisotopic (exact) mass is 331 g/mol. The van der Waals surface area contributed by atoms with Gasteiger partial charge in [-0.25, -0.2) is 10.0 Å². The second-order valence-electron chi connectivity index (χ2n) is 4.44. The maximum absolute atomic E-state index is 11.3. The van der Waals surface area contributed by atoms with E-state index < -0.39 is 20.3 Å². The van der Waals surface area contributed by atoms with Crippen LogP contribution in [0.2, 0.25) is 0 Å². The second-order valence-corrected chi connectivity index (χ2v) is 5.68. The molecule has 0 aromatic carbocycles. The van der Waals surface area contributed by atoms with Gasteiger partial charge in [-0.05, 0) is 6.92 Å². The van der Waals surface area contributed by atoms with Crippen molar-refractivity contribution in [1.29, 1.82) is 0 Å². The van der Waals surface area contributed by atoms with Crippen LogP contribution in [0, 0.1) is 6.92 Å². The number of phosphoric ester groups is 1. The summed E-state index contributed by atoms with van der Waals surface area (Å²) in [5.41, 5.74) is 3.12. The number of nitrogens with zero attached hydrogens (tertiary/aromatic N) is 2. The first-order valence-electron chi connectivity index (χ1n) is 6.10. The molecule has 0 spiro atoms. The van der Waals surface area contributed by atoms with Crippen LogP contribution in [0.15, 0.2) is 11.2 Å². The van der Waals surface area contributed by atoms with E-state index in [0.29, 0.717) is 5.69 Å². The molecular weight excluding hydrogens is 317 g/mol. The summed E-state index contributed by atoms with van der Waals surface area (Å²) < 4.78 is 15.2. The van der Waals surface area contributed by atoms with Crippen molar-refractivity contribution < 1.29 is 33.6 Å². The lowest BCUT2D eigenvalue weighted by molar-refractivity contribution is -0.121. The van der Waals surface area contributed by atoms with E-state index in [-0.39, 0.29) is 35.7 Å². The number of phosphoric acid groups is 1. The molecular formula is C11H14N3O7P. The van der Waals surface area contributed by atoms with Crippen molar-refractivity contribution in [3.05, 3.63) is 23.0 Å². The summed E-state index contributed by atoms with van der Waals surface area (Å²) in [6.07, 6.45) is 1.32. The predicted octanol–water partition coefficient (Wildman–Crippen LogP) is -0.293. The second kappa shape index (κ2) is 6.51. The predicted molar refractivity (Wildman–Crippen MR) is 72.7 cm³/mol. The van der Waals surface area contributed by atoms with Crippen LogP contribution in [-0.2, 0) is 31.9 Å². The van der Waals surface area contributed by atoms with Crippen molar-refractivity contribution in [2.75, 3.05) is 6.61 Å². The third kappa shape index (κ3) is 4.09. The Morgan fingerprint density at radius 3 is 2.86 bits per heavy atom. The number of pyridine rings is 1. The molecule has 11 heteroatoms. The van der Waals surface area contributed by atoms with Crippen molar-refractivity contribution in [2.45, 2.75) is 20.1 Å². The molecule has 10 nitrogen and oxygen atoms in total. The van der Waals surface area contributed by atoms with Gasteiger partial charge in [-0.2, -0.15) is 0 Å². The standard InChI is InChI=1S/C11H14N3O7P/c1-6-10(15)8(3-13-9-5-20-14-11(9)16)7(2-12-6)4-21-22(17,18)19/h2,15H,3-5H2,1H3,(H,14,16)(H2,17,18,19). The van der Waals surface area contributed by atoms with Gasteiger partial charge in [0.05, 0.1) is 18.8 Å². The molecule has 1 amide bonds. The summed E-state index contributed by atoms with van der Waals surface area (Å²) in [5.74, 6) is -0.645. The van der Waals surface area contributed by atoms with Gasteiger partial charge >= 0.3 is 7.82 Å². The van der Waals surface area contributed by atoms with E-state index in [1.165, 1.54) is 6.20 Å². The van der Waals surface area contributed by atoms with Gasteiger partial charge in [0.15, 0.2) is 0 Å². The molecule has 120 valence electrons. The smallest absolute Gasteiger partial charge is 0.469 e. The van der Waals surface area contributed by atoms with Gasteiger partial charge in [0, 0.05) is 17.3 Å². The Bertz CT molecular complexity index is 670. The molecule has 0 saturated carbocycles. The lowest BCUT2D eigenvalue weighted by Gasteiger charge is -2.12. The van der Waals surface area contributed by atoms with Crippen LogP contribution in [-0.4, -0.2) is 38.1 Å². The number of aryl methyl sites for hydroxylation is 1. The fourth-order valence-electron chi connectivity index (χ4n) is 1.73. The van der Waals surface area contributed by atoms with Gasteiger partial charge in [0.1, 0.15) is 18.1 Å². The molecule has 0 bridgehead atoms.